The molecule has 0 amide bonds. The molecule has 3 aromatic rings. The van der Waals surface area contributed by atoms with Crippen molar-refractivity contribution in [3.8, 4) is 0 Å². The number of hydrogen-bond donors (Lipinski definition) is 1. The van der Waals surface area contributed by atoms with Crippen LogP contribution < -0.4 is 0 Å². The summed E-state index contributed by atoms with van der Waals surface area (Å²) in [7, 11) is 0. The molecule has 0 saturated carbocycles. The Morgan fingerprint density at radius 3 is 2.45 bits per heavy atom. The molecule has 1 heterocycles. The van der Waals surface area contributed by atoms with Crippen molar-refractivity contribution in [2.45, 2.75) is 36.6 Å². The Hall–Kier alpha value is -2.72. The zero-order valence-corrected chi connectivity index (χ0v) is 18.5. The van der Waals surface area contributed by atoms with Crippen LogP contribution in [0.25, 0.3) is 6.08 Å². The second-order valence-electron chi connectivity index (χ2n) is 7.65. The number of rotatable bonds is 9. The summed E-state index contributed by atoms with van der Waals surface area (Å²) in [5.41, 5.74) is -0.980. The smallest absolute Gasteiger partial charge is 0.383 e. The number of nitrogens with zero attached hydrogens (tertiary/aromatic N) is 3. The first-order valence-corrected chi connectivity index (χ1v) is 11.0. The Kier molecular flexibility index (Phi) is 7.91. The van der Waals surface area contributed by atoms with Crippen LogP contribution in [0.1, 0.15) is 24.5 Å². The molecule has 2 atom stereocenters. The number of alkyl halides is 3. The molecular formula is C23H22F5N3OS. The largest absolute Gasteiger partial charge is 0.398 e. The van der Waals surface area contributed by atoms with Gasteiger partial charge in [0.25, 0.3) is 0 Å². The van der Waals surface area contributed by atoms with Crippen LogP contribution in [0.3, 0.4) is 0 Å². The van der Waals surface area contributed by atoms with Gasteiger partial charge in [-0.15, -0.1) is 11.8 Å². The first-order valence-electron chi connectivity index (χ1n) is 10.0. The Labute approximate surface area is 192 Å². The van der Waals surface area contributed by atoms with E-state index >= 15 is 0 Å². The molecule has 0 unspecified atom stereocenters. The second kappa shape index (κ2) is 10.5. The summed E-state index contributed by atoms with van der Waals surface area (Å²) in [5.74, 6) is -3.06. The van der Waals surface area contributed by atoms with Gasteiger partial charge in [-0.25, -0.2) is 18.4 Å². The van der Waals surface area contributed by atoms with E-state index in [-0.39, 0.29) is 12.1 Å². The Balaban J connectivity index is 1.73. The Bertz CT molecular complexity index is 1070. The maximum atomic E-state index is 14.6. The lowest BCUT2D eigenvalue weighted by Crippen LogP contribution is -2.39. The van der Waals surface area contributed by atoms with Gasteiger partial charge in [0.15, 0.2) is 0 Å². The molecule has 1 aromatic heterocycles. The molecule has 0 radical (unpaired) electrons. The molecule has 0 aliphatic rings. The molecule has 10 heteroatoms. The molecule has 0 bridgehead atoms. The van der Waals surface area contributed by atoms with Crippen LogP contribution in [-0.4, -0.2) is 31.8 Å². The van der Waals surface area contributed by atoms with E-state index in [9.17, 15) is 27.1 Å². The summed E-state index contributed by atoms with van der Waals surface area (Å²) in [5, 5.41) is 15.5. The topological polar surface area (TPSA) is 50.9 Å². The highest BCUT2D eigenvalue weighted by Crippen LogP contribution is 2.36. The third kappa shape index (κ3) is 6.88. The molecule has 2 aromatic carbocycles. The third-order valence-electron chi connectivity index (χ3n) is 5.16. The highest BCUT2D eigenvalue weighted by atomic mass is 32.2. The van der Waals surface area contributed by atoms with E-state index in [1.54, 1.807) is 43.3 Å². The van der Waals surface area contributed by atoms with Crippen molar-refractivity contribution in [1.29, 1.82) is 0 Å². The van der Waals surface area contributed by atoms with E-state index < -0.39 is 35.1 Å². The summed E-state index contributed by atoms with van der Waals surface area (Å²) >= 11 is 0.712. The minimum atomic E-state index is -4.23. The molecule has 33 heavy (non-hydrogen) atoms. The number of hydrogen-bond acceptors (Lipinski definition) is 4. The second-order valence-corrected chi connectivity index (χ2v) is 8.70. The van der Waals surface area contributed by atoms with Gasteiger partial charge in [0.05, 0.1) is 12.3 Å². The first kappa shape index (κ1) is 24.9. The van der Waals surface area contributed by atoms with Gasteiger partial charge < -0.3 is 5.11 Å². The third-order valence-corrected chi connectivity index (χ3v) is 6.24. The zero-order valence-electron chi connectivity index (χ0n) is 17.6. The predicted octanol–water partition coefficient (Wildman–Crippen LogP) is 5.84. The fourth-order valence-corrected chi connectivity index (χ4v) is 4.01. The van der Waals surface area contributed by atoms with Crippen molar-refractivity contribution >= 4 is 17.8 Å². The van der Waals surface area contributed by atoms with Crippen LogP contribution in [0.4, 0.5) is 22.0 Å². The van der Waals surface area contributed by atoms with E-state index in [2.05, 4.69) is 10.1 Å². The van der Waals surface area contributed by atoms with Crippen molar-refractivity contribution in [3.63, 3.8) is 0 Å². The van der Waals surface area contributed by atoms with E-state index in [1.165, 1.54) is 23.4 Å². The summed E-state index contributed by atoms with van der Waals surface area (Å²) in [6.45, 7) is 1.65. The van der Waals surface area contributed by atoms with Crippen molar-refractivity contribution in [1.82, 2.24) is 14.8 Å². The minimum Gasteiger partial charge on any atom is -0.383 e. The van der Waals surface area contributed by atoms with Gasteiger partial charge in [0, 0.05) is 16.5 Å². The monoisotopic (exact) mass is 483 g/mol. The lowest BCUT2D eigenvalue weighted by molar-refractivity contribution is -0.105. The summed E-state index contributed by atoms with van der Waals surface area (Å²) < 4.78 is 66.4. The maximum Gasteiger partial charge on any atom is 0.398 e. The molecule has 1 N–H and O–H groups in total. The van der Waals surface area contributed by atoms with Crippen molar-refractivity contribution < 1.29 is 27.1 Å². The molecule has 4 nitrogen and oxygen atoms in total. The SMILES string of the molecule is C[C@@H](C/C=C/c1ccc(SCC(F)(F)F)cc1)[C@](O)(Cn1cncn1)c1ccc(F)cc1F. The Morgan fingerprint density at radius 1 is 1.12 bits per heavy atom. The van der Waals surface area contributed by atoms with Crippen LogP contribution >= 0.6 is 11.8 Å². The predicted molar refractivity (Wildman–Crippen MR) is 116 cm³/mol. The van der Waals surface area contributed by atoms with E-state index in [1.807, 2.05) is 0 Å². The van der Waals surface area contributed by atoms with Crippen LogP contribution in [0.5, 0.6) is 0 Å². The van der Waals surface area contributed by atoms with Crippen LogP contribution in [0.15, 0.2) is 66.1 Å². The van der Waals surface area contributed by atoms with Crippen LogP contribution in [0, 0.1) is 17.6 Å². The highest BCUT2D eigenvalue weighted by Gasteiger charge is 2.38. The van der Waals surface area contributed by atoms with Gasteiger partial charge in [-0.1, -0.05) is 37.3 Å². The minimum absolute atomic E-state index is 0.0497. The van der Waals surface area contributed by atoms with E-state index in [4.69, 9.17) is 0 Å². The molecule has 0 aliphatic carbocycles. The fourth-order valence-electron chi connectivity index (χ4n) is 3.35. The fraction of sp³-hybridized carbons (Fsp3) is 0.304. The summed E-state index contributed by atoms with van der Waals surface area (Å²) in [6, 6.07) is 9.64. The molecule has 0 spiro atoms. The number of aromatic nitrogens is 3. The van der Waals surface area contributed by atoms with Gasteiger partial charge in [-0.2, -0.15) is 18.3 Å². The number of halogens is 5. The number of allylic oxidation sites excluding steroid dienone is 1. The van der Waals surface area contributed by atoms with Gasteiger partial charge >= 0.3 is 6.18 Å². The van der Waals surface area contributed by atoms with Crippen LogP contribution in [-0.2, 0) is 12.1 Å². The first-order chi connectivity index (χ1) is 15.6. The molecule has 3 rings (SSSR count). The number of thioether (sulfide) groups is 1. The number of aliphatic hydroxyl groups is 1. The molecule has 0 aliphatic heterocycles. The maximum absolute atomic E-state index is 14.6. The molecule has 176 valence electrons. The lowest BCUT2D eigenvalue weighted by atomic mass is 9.80. The van der Waals surface area contributed by atoms with Gasteiger partial charge in [0.2, 0.25) is 0 Å². The van der Waals surface area contributed by atoms with Gasteiger partial charge in [0.1, 0.15) is 29.9 Å². The van der Waals surface area contributed by atoms with Crippen molar-refractivity contribution in [2.75, 3.05) is 5.75 Å². The summed E-state index contributed by atoms with van der Waals surface area (Å²) in [6.07, 6.45) is 2.36. The normalized spacial score (nSPS) is 15.0. The average molecular weight is 484 g/mol. The highest BCUT2D eigenvalue weighted by molar-refractivity contribution is 7.99. The van der Waals surface area contributed by atoms with E-state index in [0.29, 0.717) is 23.1 Å². The molecule has 0 fully saturated rings. The standard InChI is InChI=1S/C23H22F5N3OS/c1-16(3-2-4-17-5-8-19(9-6-17)33-13-23(26,27)28)22(32,12-31-15-29-14-30-31)20-10-7-18(24)11-21(20)25/h2,4-11,14-16,32H,3,12-13H2,1H3/b4-2+/t16-,22+/m0/s1. The Morgan fingerprint density at radius 2 is 1.85 bits per heavy atom. The quantitative estimate of drug-likeness (QED) is 0.307. The van der Waals surface area contributed by atoms with E-state index in [0.717, 1.165) is 17.7 Å². The van der Waals surface area contributed by atoms with Gasteiger partial charge in [-0.3, -0.25) is 0 Å². The lowest BCUT2D eigenvalue weighted by Gasteiger charge is -2.34. The van der Waals surface area contributed by atoms with Crippen molar-refractivity contribution in [3.05, 3.63) is 84.0 Å². The zero-order chi connectivity index (χ0) is 24.1. The molecular weight excluding hydrogens is 461 g/mol. The van der Waals surface area contributed by atoms with Crippen molar-refractivity contribution in [2.24, 2.45) is 5.92 Å². The summed E-state index contributed by atoms with van der Waals surface area (Å²) in [4.78, 5) is 4.35. The van der Waals surface area contributed by atoms with Crippen LogP contribution in [0.2, 0.25) is 0 Å². The number of benzene rings is 2. The van der Waals surface area contributed by atoms with Gasteiger partial charge in [-0.05, 0) is 36.1 Å². The average Bonchev–Trinajstić information content (AvgIpc) is 3.25. The molecule has 0 saturated heterocycles.